The molecule has 1 aliphatic rings. The predicted octanol–water partition coefficient (Wildman–Crippen LogP) is 5.42. The first-order chi connectivity index (χ1) is 12.7. The van der Waals surface area contributed by atoms with E-state index in [-0.39, 0.29) is 5.63 Å². The molecule has 3 aromatic rings. The summed E-state index contributed by atoms with van der Waals surface area (Å²) in [7, 11) is 0. The molecule has 3 nitrogen and oxygen atoms in total. The Balaban J connectivity index is 1.59. The predicted molar refractivity (Wildman–Crippen MR) is 105 cm³/mol. The van der Waals surface area contributed by atoms with Crippen molar-refractivity contribution in [1.29, 1.82) is 0 Å². The van der Waals surface area contributed by atoms with Crippen LogP contribution in [0.25, 0.3) is 17.0 Å². The second kappa shape index (κ2) is 7.38. The third-order valence-electron chi connectivity index (χ3n) is 4.72. The first-order valence-corrected chi connectivity index (χ1v) is 9.22. The van der Waals surface area contributed by atoms with Crippen LogP contribution in [-0.4, -0.2) is 6.61 Å². The highest BCUT2D eigenvalue weighted by Gasteiger charge is 2.19. The lowest BCUT2D eigenvalue weighted by Crippen LogP contribution is -2.15. The van der Waals surface area contributed by atoms with Crippen LogP contribution in [0.15, 0.2) is 57.8 Å². The first kappa shape index (κ1) is 16.9. The van der Waals surface area contributed by atoms with Crippen molar-refractivity contribution in [3.8, 4) is 5.75 Å². The number of ether oxygens (including phenoxy) is 1. The Morgan fingerprint density at radius 3 is 2.65 bits per heavy atom. The number of fused-ring (bicyclic) bond motifs is 3. The van der Waals surface area contributed by atoms with Crippen molar-refractivity contribution in [2.75, 3.05) is 6.61 Å². The summed E-state index contributed by atoms with van der Waals surface area (Å²) >= 11 is 6.41. The lowest BCUT2D eigenvalue weighted by Gasteiger charge is -2.17. The molecule has 1 aliphatic carbocycles. The lowest BCUT2D eigenvalue weighted by molar-refractivity contribution is 0.363. The molecule has 0 spiro atoms. The number of benzene rings is 2. The van der Waals surface area contributed by atoms with Gasteiger partial charge in [0.05, 0.1) is 5.02 Å². The van der Waals surface area contributed by atoms with Gasteiger partial charge in [0.1, 0.15) is 17.9 Å². The van der Waals surface area contributed by atoms with Crippen molar-refractivity contribution < 1.29 is 9.15 Å². The molecule has 0 unspecified atom stereocenters. The zero-order valence-corrected chi connectivity index (χ0v) is 15.1. The number of rotatable bonds is 4. The summed E-state index contributed by atoms with van der Waals surface area (Å²) in [6.07, 6.45) is 7.73. The molecule has 0 saturated carbocycles. The van der Waals surface area contributed by atoms with Gasteiger partial charge >= 0.3 is 5.63 Å². The zero-order chi connectivity index (χ0) is 17.9. The fraction of sp³-hybridized carbons (Fsp3) is 0.227. The molecule has 0 bridgehead atoms. The summed E-state index contributed by atoms with van der Waals surface area (Å²) in [6.45, 7) is 0.384. The molecule has 0 amide bonds. The van der Waals surface area contributed by atoms with E-state index in [0.29, 0.717) is 23.0 Å². The maximum absolute atomic E-state index is 12.2. The van der Waals surface area contributed by atoms with E-state index in [1.807, 2.05) is 48.6 Å². The van der Waals surface area contributed by atoms with E-state index < -0.39 is 0 Å². The lowest BCUT2D eigenvalue weighted by atomic mass is 9.91. The van der Waals surface area contributed by atoms with E-state index in [0.717, 1.165) is 47.8 Å². The van der Waals surface area contributed by atoms with Gasteiger partial charge in [-0.05, 0) is 49.0 Å². The van der Waals surface area contributed by atoms with Crippen LogP contribution in [0, 0.1) is 0 Å². The van der Waals surface area contributed by atoms with Gasteiger partial charge in [0, 0.05) is 17.0 Å². The minimum atomic E-state index is -0.232. The van der Waals surface area contributed by atoms with Gasteiger partial charge in [0.15, 0.2) is 0 Å². The smallest absolute Gasteiger partial charge is 0.339 e. The van der Waals surface area contributed by atoms with Gasteiger partial charge < -0.3 is 9.15 Å². The average molecular weight is 367 g/mol. The highest BCUT2D eigenvalue weighted by molar-refractivity contribution is 6.32. The molecule has 2 aromatic carbocycles. The monoisotopic (exact) mass is 366 g/mol. The molecule has 4 rings (SSSR count). The van der Waals surface area contributed by atoms with Crippen molar-refractivity contribution in [2.45, 2.75) is 25.7 Å². The Labute approximate surface area is 156 Å². The molecule has 0 N–H and O–H groups in total. The quantitative estimate of drug-likeness (QED) is 0.579. The summed E-state index contributed by atoms with van der Waals surface area (Å²) < 4.78 is 11.3. The second-order valence-corrected chi connectivity index (χ2v) is 6.86. The second-order valence-electron chi connectivity index (χ2n) is 6.46. The average Bonchev–Trinajstić information content (AvgIpc) is 2.67. The van der Waals surface area contributed by atoms with Crippen LogP contribution in [0.2, 0.25) is 5.02 Å². The fourth-order valence-corrected chi connectivity index (χ4v) is 3.66. The normalized spacial score (nSPS) is 13.9. The summed E-state index contributed by atoms with van der Waals surface area (Å²) in [5, 5.41) is 1.46. The van der Waals surface area contributed by atoms with Crippen LogP contribution in [0.1, 0.15) is 29.5 Å². The third-order valence-corrected chi connectivity index (χ3v) is 5.02. The Morgan fingerprint density at radius 2 is 1.85 bits per heavy atom. The molecule has 0 radical (unpaired) electrons. The molecular formula is C22H19ClO3. The van der Waals surface area contributed by atoms with E-state index in [1.54, 1.807) is 6.07 Å². The molecule has 4 heteroatoms. The van der Waals surface area contributed by atoms with Crippen molar-refractivity contribution in [1.82, 2.24) is 0 Å². The minimum absolute atomic E-state index is 0.232. The van der Waals surface area contributed by atoms with Gasteiger partial charge in [-0.1, -0.05) is 48.0 Å². The Kier molecular flexibility index (Phi) is 4.81. The van der Waals surface area contributed by atoms with E-state index in [4.69, 9.17) is 20.8 Å². The third kappa shape index (κ3) is 3.40. The fourth-order valence-electron chi connectivity index (χ4n) is 3.44. The molecule has 0 aliphatic heterocycles. The number of halogens is 1. The minimum Gasteiger partial charge on any atom is -0.488 e. The van der Waals surface area contributed by atoms with Crippen LogP contribution >= 0.6 is 11.6 Å². The standard InChI is InChI=1S/C22H19ClO3/c23-19-13-18-16-10-4-5-11-17(16)22(24)26-20(18)14-21(19)25-12-6-9-15-7-2-1-3-8-15/h1-3,6-9,13-14H,4-5,10-12H2/b9-6+. The van der Waals surface area contributed by atoms with E-state index in [9.17, 15) is 4.79 Å². The SMILES string of the molecule is O=c1oc2cc(OC/C=C/c3ccccc3)c(Cl)cc2c2c1CCCC2. The van der Waals surface area contributed by atoms with Crippen LogP contribution in [-0.2, 0) is 12.8 Å². The van der Waals surface area contributed by atoms with Crippen LogP contribution in [0.5, 0.6) is 5.75 Å². The molecular weight excluding hydrogens is 348 g/mol. The van der Waals surface area contributed by atoms with E-state index in [1.165, 1.54) is 0 Å². The summed E-state index contributed by atoms with van der Waals surface area (Å²) in [4.78, 5) is 12.2. The van der Waals surface area contributed by atoms with Crippen molar-refractivity contribution in [3.63, 3.8) is 0 Å². The molecule has 0 fully saturated rings. The summed E-state index contributed by atoms with van der Waals surface area (Å²) in [5.74, 6) is 0.524. The van der Waals surface area contributed by atoms with Crippen LogP contribution < -0.4 is 10.4 Å². The largest absolute Gasteiger partial charge is 0.488 e. The van der Waals surface area contributed by atoms with Gasteiger partial charge in [-0.3, -0.25) is 0 Å². The zero-order valence-electron chi connectivity index (χ0n) is 14.3. The van der Waals surface area contributed by atoms with Crippen molar-refractivity contribution in [3.05, 3.63) is 80.7 Å². The number of hydrogen-bond donors (Lipinski definition) is 0. The van der Waals surface area contributed by atoms with E-state index in [2.05, 4.69) is 0 Å². The topological polar surface area (TPSA) is 39.4 Å². The number of aryl methyl sites for hydroxylation is 1. The Bertz CT molecular complexity index is 1020. The summed E-state index contributed by atoms with van der Waals surface area (Å²) in [5.41, 5.74) is 3.31. The Morgan fingerprint density at radius 1 is 1.08 bits per heavy atom. The van der Waals surface area contributed by atoms with Crippen molar-refractivity contribution in [2.24, 2.45) is 0 Å². The molecule has 1 heterocycles. The van der Waals surface area contributed by atoms with Crippen molar-refractivity contribution >= 4 is 28.6 Å². The van der Waals surface area contributed by atoms with Gasteiger partial charge in [-0.25, -0.2) is 4.79 Å². The molecule has 132 valence electrons. The molecule has 1 aromatic heterocycles. The molecule has 26 heavy (non-hydrogen) atoms. The number of hydrogen-bond acceptors (Lipinski definition) is 3. The highest BCUT2D eigenvalue weighted by Crippen LogP contribution is 2.34. The maximum atomic E-state index is 12.2. The molecule has 0 atom stereocenters. The van der Waals surface area contributed by atoms with Crippen LogP contribution in [0.4, 0.5) is 0 Å². The summed E-state index contributed by atoms with van der Waals surface area (Å²) in [6, 6.07) is 13.6. The highest BCUT2D eigenvalue weighted by atomic mass is 35.5. The van der Waals surface area contributed by atoms with Gasteiger partial charge in [0.25, 0.3) is 0 Å². The van der Waals surface area contributed by atoms with Gasteiger partial charge in [0.2, 0.25) is 0 Å². The Hall–Kier alpha value is -2.52. The van der Waals surface area contributed by atoms with Gasteiger partial charge in [-0.2, -0.15) is 0 Å². The first-order valence-electron chi connectivity index (χ1n) is 8.85. The van der Waals surface area contributed by atoms with Gasteiger partial charge in [-0.15, -0.1) is 0 Å². The molecule has 0 saturated heterocycles. The maximum Gasteiger partial charge on any atom is 0.339 e. The van der Waals surface area contributed by atoms with Crippen LogP contribution in [0.3, 0.4) is 0 Å². The van der Waals surface area contributed by atoms with E-state index >= 15 is 0 Å².